The van der Waals surface area contributed by atoms with Gasteiger partial charge in [0.2, 0.25) is 0 Å². The number of fused-ring (bicyclic) bond motifs is 1. The number of rotatable bonds is 1. The summed E-state index contributed by atoms with van der Waals surface area (Å²) in [5.41, 5.74) is 9.06. The highest BCUT2D eigenvalue weighted by Crippen LogP contribution is 2.29. The summed E-state index contributed by atoms with van der Waals surface area (Å²) in [5.74, 6) is 0.674. The van der Waals surface area contributed by atoms with Crippen LogP contribution in [0.1, 0.15) is 0 Å². The van der Waals surface area contributed by atoms with Crippen LogP contribution in [-0.2, 0) is 14.1 Å². The lowest BCUT2D eigenvalue weighted by Gasteiger charge is -1.94. The number of anilines is 1. The molecule has 0 radical (unpaired) electrons. The first kappa shape index (κ1) is 9.96. The van der Waals surface area contributed by atoms with Crippen molar-refractivity contribution in [3.63, 3.8) is 0 Å². The molecule has 0 bridgehead atoms. The van der Waals surface area contributed by atoms with Gasteiger partial charge in [-0.25, -0.2) is 0 Å². The first-order valence-electron chi connectivity index (χ1n) is 5.51. The van der Waals surface area contributed by atoms with Crippen molar-refractivity contribution in [1.29, 1.82) is 0 Å². The molecule has 0 spiro atoms. The minimum atomic E-state index is 0.674. The summed E-state index contributed by atoms with van der Waals surface area (Å²) in [6, 6.07) is 10.2. The molecule has 3 aromatic rings. The van der Waals surface area contributed by atoms with Crippen molar-refractivity contribution in [1.82, 2.24) is 14.3 Å². The predicted molar refractivity (Wildman–Crippen MR) is 69.5 cm³/mol. The molecule has 1 aromatic carbocycles. The van der Waals surface area contributed by atoms with Gasteiger partial charge in [-0.15, -0.1) is 0 Å². The summed E-state index contributed by atoms with van der Waals surface area (Å²) in [6.07, 6.45) is 2.09. The van der Waals surface area contributed by atoms with Crippen molar-refractivity contribution in [2.75, 3.05) is 5.73 Å². The summed E-state index contributed by atoms with van der Waals surface area (Å²) in [6.45, 7) is 0. The van der Waals surface area contributed by atoms with E-state index >= 15 is 0 Å². The molecule has 86 valence electrons. The van der Waals surface area contributed by atoms with Gasteiger partial charge in [0, 0.05) is 42.8 Å². The van der Waals surface area contributed by atoms with Gasteiger partial charge >= 0.3 is 0 Å². The van der Waals surface area contributed by atoms with E-state index in [1.165, 1.54) is 10.9 Å². The summed E-state index contributed by atoms with van der Waals surface area (Å²) in [7, 11) is 3.89. The first-order valence-corrected chi connectivity index (χ1v) is 5.51. The van der Waals surface area contributed by atoms with Gasteiger partial charge < -0.3 is 10.3 Å². The van der Waals surface area contributed by atoms with Crippen LogP contribution < -0.4 is 5.73 Å². The molecule has 2 aromatic heterocycles. The van der Waals surface area contributed by atoms with Crippen molar-refractivity contribution < 1.29 is 0 Å². The van der Waals surface area contributed by atoms with Crippen molar-refractivity contribution in [3.8, 4) is 11.3 Å². The third kappa shape index (κ3) is 1.41. The lowest BCUT2D eigenvalue weighted by atomic mass is 10.1. The smallest absolute Gasteiger partial charge is 0.121 e. The van der Waals surface area contributed by atoms with E-state index in [1.54, 1.807) is 4.68 Å². The normalized spacial score (nSPS) is 11.2. The van der Waals surface area contributed by atoms with E-state index in [0.717, 1.165) is 11.3 Å². The fourth-order valence-electron chi connectivity index (χ4n) is 2.16. The van der Waals surface area contributed by atoms with Gasteiger partial charge in [0.25, 0.3) is 0 Å². The second-order valence-electron chi connectivity index (χ2n) is 4.25. The number of benzene rings is 1. The van der Waals surface area contributed by atoms with Crippen LogP contribution in [0.5, 0.6) is 0 Å². The van der Waals surface area contributed by atoms with Gasteiger partial charge in [0.1, 0.15) is 5.82 Å². The van der Waals surface area contributed by atoms with Crippen molar-refractivity contribution in [3.05, 3.63) is 36.5 Å². The van der Waals surface area contributed by atoms with Crippen LogP contribution in [0.4, 0.5) is 5.82 Å². The van der Waals surface area contributed by atoms with Gasteiger partial charge in [0.15, 0.2) is 0 Å². The lowest BCUT2D eigenvalue weighted by Crippen LogP contribution is -1.96. The molecule has 3 rings (SSSR count). The number of hydrogen-bond acceptors (Lipinski definition) is 2. The second kappa shape index (κ2) is 3.38. The Morgan fingerprint density at radius 2 is 1.94 bits per heavy atom. The maximum absolute atomic E-state index is 5.82. The lowest BCUT2D eigenvalue weighted by molar-refractivity contribution is 0.782. The monoisotopic (exact) mass is 226 g/mol. The molecule has 17 heavy (non-hydrogen) atoms. The van der Waals surface area contributed by atoms with Crippen LogP contribution in [0, 0.1) is 0 Å². The van der Waals surface area contributed by atoms with Gasteiger partial charge in [-0.05, 0) is 6.07 Å². The average molecular weight is 226 g/mol. The topological polar surface area (TPSA) is 48.8 Å². The molecule has 0 fully saturated rings. The van der Waals surface area contributed by atoms with Crippen LogP contribution in [0.15, 0.2) is 36.5 Å². The molecular formula is C13H14N4. The fourth-order valence-corrected chi connectivity index (χ4v) is 2.16. The molecule has 0 atom stereocenters. The Kier molecular flexibility index (Phi) is 1.98. The summed E-state index contributed by atoms with van der Waals surface area (Å²) in [5, 5.41) is 5.62. The van der Waals surface area contributed by atoms with E-state index in [1.807, 2.05) is 32.3 Å². The Bertz CT molecular complexity index is 671. The number of hydrogen-bond donors (Lipinski definition) is 1. The zero-order chi connectivity index (χ0) is 12.0. The summed E-state index contributed by atoms with van der Waals surface area (Å²) < 4.78 is 3.80. The summed E-state index contributed by atoms with van der Waals surface area (Å²) >= 11 is 0. The van der Waals surface area contributed by atoms with Crippen molar-refractivity contribution >= 4 is 16.7 Å². The number of para-hydroxylation sites is 1. The van der Waals surface area contributed by atoms with E-state index in [-0.39, 0.29) is 0 Å². The highest BCUT2D eigenvalue weighted by Gasteiger charge is 2.11. The number of aryl methyl sites for hydroxylation is 2. The van der Waals surface area contributed by atoms with E-state index in [4.69, 9.17) is 5.73 Å². The maximum Gasteiger partial charge on any atom is 0.121 e. The highest BCUT2D eigenvalue weighted by atomic mass is 15.3. The minimum Gasteiger partial charge on any atom is -0.384 e. The first-order chi connectivity index (χ1) is 8.16. The second-order valence-corrected chi connectivity index (χ2v) is 4.25. The van der Waals surface area contributed by atoms with Crippen LogP contribution in [0.2, 0.25) is 0 Å². The van der Waals surface area contributed by atoms with Gasteiger partial charge in [-0.2, -0.15) is 5.10 Å². The Morgan fingerprint density at radius 3 is 2.65 bits per heavy atom. The third-order valence-corrected chi connectivity index (χ3v) is 3.09. The molecule has 0 aliphatic rings. The zero-order valence-electron chi connectivity index (χ0n) is 9.88. The average Bonchev–Trinajstić information content (AvgIpc) is 2.82. The van der Waals surface area contributed by atoms with Gasteiger partial charge in [-0.3, -0.25) is 4.68 Å². The molecule has 0 aliphatic heterocycles. The van der Waals surface area contributed by atoms with E-state index in [0.29, 0.717) is 5.82 Å². The van der Waals surface area contributed by atoms with Crippen LogP contribution in [-0.4, -0.2) is 14.3 Å². The molecule has 4 nitrogen and oxygen atoms in total. The van der Waals surface area contributed by atoms with Crippen LogP contribution in [0.3, 0.4) is 0 Å². The molecular weight excluding hydrogens is 212 g/mol. The van der Waals surface area contributed by atoms with Gasteiger partial charge in [-0.1, -0.05) is 18.2 Å². The molecule has 0 amide bonds. The molecule has 0 saturated heterocycles. The van der Waals surface area contributed by atoms with E-state index < -0.39 is 0 Å². The third-order valence-electron chi connectivity index (χ3n) is 3.09. The van der Waals surface area contributed by atoms with E-state index in [2.05, 4.69) is 28.0 Å². The number of nitrogen functional groups attached to an aromatic ring is 1. The summed E-state index contributed by atoms with van der Waals surface area (Å²) in [4.78, 5) is 0. The quantitative estimate of drug-likeness (QED) is 0.691. The van der Waals surface area contributed by atoms with Crippen molar-refractivity contribution in [2.45, 2.75) is 0 Å². The van der Waals surface area contributed by atoms with Crippen LogP contribution >= 0.6 is 0 Å². The van der Waals surface area contributed by atoms with Crippen molar-refractivity contribution in [2.24, 2.45) is 14.1 Å². The maximum atomic E-state index is 5.82. The predicted octanol–water partition coefficient (Wildman–Crippen LogP) is 2.16. The Hall–Kier alpha value is -2.23. The Labute approximate surface area is 99.3 Å². The zero-order valence-corrected chi connectivity index (χ0v) is 9.88. The molecule has 4 heteroatoms. The Morgan fingerprint density at radius 1 is 1.18 bits per heavy atom. The largest absolute Gasteiger partial charge is 0.384 e. The standard InChI is InChI=1S/C13H14N4/c1-16-8-10(9-5-3-4-6-12(9)16)11-7-13(14)17(2)15-11/h3-8H,14H2,1-2H3. The fraction of sp³-hybridized carbons (Fsp3) is 0.154. The Balaban J connectivity index is 2.30. The van der Waals surface area contributed by atoms with E-state index in [9.17, 15) is 0 Å². The molecule has 0 saturated carbocycles. The number of aromatic nitrogens is 3. The highest BCUT2D eigenvalue weighted by molar-refractivity contribution is 5.95. The molecule has 2 N–H and O–H groups in total. The SMILES string of the molecule is Cn1nc(-c2cn(C)c3ccccc23)cc1N. The molecule has 2 heterocycles. The molecule has 0 unspecified atom stereocenters. The number of nitrogens with zero attached hydrogens (tertiary/aromatic N) is 3. The molecule has 0 aliphatic carbocycles. The number of nitrogens with two attached hydrogens (primary N) is 1. The van der Waals surface area contributed by atoms with Crippen LogP contribution in [0.25, 0.3) is 22.2 Å². The van der Waals surface area contributed by atoms with Gasteiger partial charge in [0.05, 0.1) is 5.69 Å². The minimum absolute atomic E-state index is 0.674.